The zero-order chi connectivity index (χ0) is 20.1. The highest BCUT2D eigenvalue weighted by molar-refractivity contribution is 6.03. The minimum absolute atomic E-state index is 0.0370. The van der Waals surface area contributed by atoms with Crippen molar-refractivity contribution in [3.05, 3.63) is 23.8 Å². The van der Waals surface area contributed by atoms with Gasteiger partial charge in [-0.1, -0.05) is 19.4 Å². The molecule has 28 heavy (non-hydrogen) atoms. The summed E-state index contributed by atoms with van der Waals surface area (Å²) in [6, 6.07) is 6.39. The lowest BCUT2D eigenvalue weighted by molar-refractivity contribution is -0.129. The van der Waals surface area contributed by atoms with Gasteiger partial charge in [0.15, 0.2) is 6.10 Å². The van der Waals surface area contributed by atoms with Crippen LogP contribution in [0.5, 0.6) is 5.75 Å². The average Bonchev–Trinajstić information content (AvgIpc) is 2.68. The van der Waals surface area contributed by atoms with E-state index in [4.69, 9.17) is 4.74 Å². The Morgan fingerprint density at radius 1 is 1.32 bits per heavy atom. The number of rotatable bonds is 7. The van der Waals surface area contributed by atoms with Crippen LogP contribution in [0.3, 0.4) is 0 Å². The summed E-state index contributed by atoms with van der Waals surface area (Å²) in [4.78, 5) is 29.3. The standard InChI is InChI=1S/C22H33N3O3/c1-4-19-22(27)25(18-14-16(2)9-10-20(18)28-19)15-21(26)23-11-7-13-24-12-6-5-8-17(24)3/h9-10,14,17,19H,4-8,11-13,15H2,1-3H3,(H,23,26)/t17-,19+/m1/s1. The second-order valence-electron chi connectivity index (χ2n) is 7.99. The molecule has 0 bridgehead atoms. The van der Waals surface area contributed by atoms with Crippen molar-refractivity contribution in [2.24, 2.45) is 0 Å². The monoisotopic (exact) mass is 387 g/mol. The number of piperidine rings is 1. The van der Waals surface area contributed by atoms with E-state index in [9.17, 15) is 9.59 Å². The number of carbonyl (C=O) groups excluding carboxylic acids is 2. The summed E-state index contributed by atoms with van der Waals surface area (Å²) in [6.45, 7) is 9.01. The van der Waals surface area contributed by atoms with Crippen molar-refractivity contribution in [3.63, 3.8) is 0 Å². The first-order valence-corrected chi connectivity index (χ1v) is 10.6. The normalized spacial score (nSPS) is 22.5. The first-order chi connectivity index (χ1) is 13.5. The average molecular weight is 388 g/mol. The quantitative estimate of drug-likeness (QED) is 0.731. The van der Waals surface area contributed by atoms with E-state index in [-0.39, 0.29) is 18.4 Å². The van der Waals surface area contributed by atoms with Crippen LogP contribution in [0, 0.1) is 6.92 Å². The Labute approximate surface area is 168 Å². The predicted octanol–water partition coefficient (Wildman–Crippen LogP) is 2.88. The number of nitrogens with zero attached hydrogens (tertiary/aromatic N) is 2. The summed E-state index contributed by atoms with van der Waals surface area (Å²) in [6.07, 6.45) is 4.85. The Kier molecular flexibility index (Phi) is 6.94. The van der Waals surface area contributed by atoms with Gasteiger partial charge in [-0.3, -0.25) is 14.5 Å². The minimum Gasteiger partial charge on any atom is -0.478 e. The van der Waals surface area contributed by atoms with Crippen LogP contribution in [0.2, 0.25) is 0 Å². The topological polar surface area (TPSA) is 61.9 Å². The van der Waals surface area contributed by atoms with Crippen molar-refractivity contribution in [2.45, 2.75) is 65.0 Å². The van der Waals surface area contributed by atoms with Gasteiger partial charge in [0.05, 0.1) is 5.69 Å². The Hall–Kier alpha value is -2.08. The van der Waals surface area contributed by atoms with E-state index in [0.29, 0.717) is 30.4 Å². The molecule has 3 rings (SSSR count). The SMILES string of the molecule is CC[C@@H]1Oc2ccc(C)cc2N(CC(=O)NCCCN2CCCC[C@H]2C)C1=O. The number of hydrogen-bond acceptors (Lipinski definition) is 4. The summed E-state index contributed by atoms with van der Waals surface area (Å²) >= 11 is 0. The molecule has 2 aliphatic heterocycles. The molecule has 2 amide bonds. The fourth-order valence-electron chi connectivity index (χ4n) is 4.05. The van der Waals surface area contributed by atoms with E-state index in [1.165, 1.54) is 19.3 Å². The minimum atomic E-state index is -0.524. The van der Waals surface area contributed by atoms with E-state index in [1.807, 2.05) is 32.0 Å². The van der Waals surface area contributed by atoms with Crippen molar-refractivity contribution in [1.29, 1.82) is 0 Å². The number of aryl methyl sites for hydroxylation is 1. The van der Waals surface area contributed by atoms with Crippen LogP contribution < -0.4 is 15.0 Å². The van der Waals surface area contributed by atoms with E-state index >= 15 is 0 Å². The number of amides is 2. The van der Waals surface area contributed by atoms with Gasteiger partial charge in [-0.2, -0.15) is 0 Å². The molecular formula is C22H33N3O3. The van der Waals surface area contributed by atoms with Gasteiger partial charge < -0.3 is 15.0 Å². The second kappa shape index (κ2) is 9.41. The molecule has 2 atom stereocenters. The molecule has 1 aromatic carbocycles. The number of ether oxygens (including phenoxy) is 1. The third-order valence-electron chi connectivity index (χ3n) is 5.77. The summed E-state index contributed by atoms with van der Waals surface area (Å²) < 4.78 is 5.81. The largest absolute Gasteiger partial charge is 0.478 e. The van der Waals surface area contributed by atoms with Crippen LogP contribution in [-0.4, -0.2) is 55.0 Å². The van der Waals surface area contributed by atoms with Gasteiger partial charge in [0.2, 0.25) is 5.91 Å². The summed E-state index contributed by atoms with van der Waals surface area (Å²) in [7, 11) is 0. The van der Waals surface area contributed by atoms with Gasteiger partial charge >= 0.3 is 0 Å². The van der Waals surface area contributed by atoms with Crippen LogP contribution in [0.15, 0.2) is 18.2 Å². The van der Waals surface area contributed by atoms with E-state index in [1.54, 1.807) is 4.90 Å². The number of fused-ring (bicyclic) bond motifs is 1. The smallest absolute Gasteiger partial charge is 0.268 e. The van der Waals surface area contributed by atoms with E-state index in [2.05, 4.69) is 17.1 Å². The molecule has 0 radical (unpaired) electrons. The molecule has 0 saturated carbocycles. The Balaban J connectivity index is 1.54. The molecule has 6 nitrogen and oxygen atoms in total. The van der Waals surface area contributed by atoms with Gasteiger partial charge in [-0.05, 0) is 63.8 Å². The van der Waals surface area contributed by atoms with Gasteiger partial charge in [0.1, 0.15) is 12.3 Å². The molecule has 2 aliphatic rings. The molecule has 1 fully saturated rings. The molecule has 1 N–H and O–H groups in total. The van der Waals surface area contributed by atoms with Gasteiger partial charge in [-0.25, -0.2) is 0 Å². The fraction of sp³-hybridized carbons (Fsp3) is 0.636. The van der Waals surface area contributed by atoms with Crippen LogP contribution in [0.1, 0.15) is 51.5 Å². The van der Waals surface area contributed by atoms with Crippen LogP contribution >= 0.6 is 0 Å². The highest BCUT2D eigenvalue weighted by atomic mass is 16.5. The highest BCUT2D eigenvalue weighted by Crippen LogP contribution is 2.35. The third kappa shape index (κ3) is 4.85. The molecule has 2 heterocycles. The van der Waals surface area contributed by atoms with Gasteiger partial charge in [0.25, 0.3) is 5.91 Å². The number of carbonyl (C=O) groups is 2. The molecule has 0 aliphatic carbocycles. The van der Waals surface area contributed by atoms with Crippen molar-refractivity contribution in [3.8, 4) is 5.75 Å². The van der Waals surface area contributed by atoms with Crippen molar-refractivity contribution in [2.75, 3.05) is 31.1 Å². The van der Waals surface area contributed by atoms with Crippen molar-refractivity contribution in [1.82, 2.24) is 10.2 Å². The lowest BCUT2D eigenvalue weighted by atomic mass is 10.0. The van der Waals surface area contributed by atoms with E-state index < -0.39 is 6.10 Å². The van der Waals surface area contributed by atoms with Crippen molar-refractivity contribution < 1.29 is 14.3 Å². The molecule has 0 spiro atoms. The zero-order valence-electron chi connectivity index (χ0n) is 17.4. The summed E-state index contributed by atoms with van der Waals surface area (Å²) in [5.41, 5.74) is 1.72. The van der Waals surface area contributed by atoms with E-state index in [0.717, 1.165) is 25.1 Å². The molecule has 1 aromatic rings. The second-order valence-corrected chi connectivity index (χ2v) is 7.99. The maximum atomic E-state index is 12.8. The van der Waals surface area contributed by atoms with Gasteiger partial charge in [0, 0.05) is 19.1 Å². The molecule has 1 saturated heterocycles. The van der Waals surface area contributed by atoms with Crippen LogP contribution in [-0.2, 0) is 9.59 Å². The zero-order valence-corrected chi connectivity index (χ0v) is 17.4. The summed E-state index contributed by atoms with van der Waals surface area (Å²) in [5, 5.41) is 2.98. The Bertz CT molecular complexity index is 706. The maximum Gasteiger partial charge on any atom is 0.268 e. The number of likely N-dealkylation sites (tertiary alicyclic amines) is 1. The highest BCUT2D eigenvalue weighted by Gasteiger charge is 2.34. The lowest BCUT2D eigenvalue weighted by Crippen LogP contribution is -2.49. The fourth-order valence-corrected chi connectivity index (χ4v) is 4.05. The van der Waals surface area contributed by atoms with Crippen molar-refractivity contribution >= 4 is 17.5 Å². The molecular weight excluding hydrogens is 354 g/mol. The molecule has 0 aromatic heterocycles. The maximum absolute atomic E-state index is 12.8. The first kappa shape index (κ1) is 20.6. The predicted molar refractivity (Wildman–Crippen MR) is 111 cm³/mol. The first-order valence-electron chi connectivity index (χ1n) is 10.6. The number of nitrogens with one attached hydrogen (secondary N) is 1. The third-order valence-corrected chi connectivity index (χ3v) is 5.77. The van der Waals surface area contributed by atoms with Crippen LogP contribution in [0.4, 0.5) is 5.69 Å². The lowest BCUT2D eigenvalue weighted by Gasteiger charge is -2.34. The Morgan fingerprint density at radius 3 is 2.89 bits per heavy atom. The molecule has 0 unspecified atom stereocenters. The summed E-state index contributed by atoms with van der Waals surface area (Å²) in [5.74, 6) is 0.408. The Morgan fingerprint density at radius 2 is 2.14 bits per heavy atom. The number of hydrogen-bond donors (Lipinski definition) is 1. The van der Waals surface area contributed by atoms with Crippen LogP contribution in [0.25, 0.3) is 0 Å². The molecule has 154 valence electrons. The number of anilines is 1. The number of benzene rings is 1. The van der Waals surface area contributed by atoms with Gasteiger partial charge in [-0.15, -0.1) is 0 Å². The molecule has 6 heteroatoms.